The number of nitrogens with zero attached hydrogens (tertiary/aromatic N) is 2. The molecule has 0 saturated heterocycles. The molecule has 13 heteroatoms. The van der Waals surface area contributed by atoms with Crippen molar-refractivity contribution >= 4 is 16.8 Å². The van der Waals surface area contributed by atoms with Crippen LogP contribution in [0.3, 0.4) is 0 Å². The van der Waals surface area contributed by atoms with Crippen molar-refractivity contribution < 1.29 is 31.1 Å². The number of carbonyl (C=O) groups excluding carboxylic acids is 1. The molecule has 190 valence electrons. The zero-order valence-electron chi connectivity index (χ0n) is 18.5. The van der Waals surface area contributed by atoms with Gasteiger partial charge in [0.2, 0.25) is 5.91 Å². The quantitative estimate of drug-likeness (QED) is 0.510. The summed E-state index contributed by atoms with van der Waals surface area (Å²) in [7, 11) is 0. The molecule has 2 atom stereocenters. The molecule has 3 aromatic rings. The fraction of sp³-hybridized carbons (Fsp3) is 0.391. The number of amides is 1. The first kappa shape index (κ1) is 24.1. The van der Waals surface area contributed by atoms with Crippen LogP contribution in [0, 0.1) is 28.3 Å². The number of pyridine rings is 1. The van der Waals surface area contributed by atoms with E-state index in [4.69, 9.17) is 0 Å². The van der Waals surface area contributed by atoms with E-state index in [9.17, 15) is 40.7 Å². The number of rotatable bonds is 5. The third-order valence-electron chi connectivity index (χ3n) is 7.26. The van der Waals surface area contributed by atoms with Crippen LogP contribution in [0.25, 0.3) is 10.9 Å². The molecule has 2 aromatic heterocycles. The summed E-state index contributed by atoms with van der Waals surface area (Å²) in [5.41, 5.74) is -5.87. The molecule has 3 aliphatic carbocycles. The van der Waals surface area contributed by atoms with E-state index >= 15 is 0 Å². The Balaban J connectivity index is 1.58. The van der Waals surface area contributed by atoms with Crippen LogP contribution in [0.15, 0.2) is 40.1 Å². The number of alkyl halides is 3. The number of benzene rings is 1. The predicted octanol–water partition coefficient (Wildman–Crippen LogP) is 3.65. The van der Waals surface area contributed by atoms with E-state index in [1.54, 1.807) is 0 Å². The van der Waals surface area contributed by atoms with E-state index in [0.717, 1.165) is 24.4 Å². The number of H-pyrrole nitrogens is 1. The van der Waals surface area contributed by atoms with E-state index in [0.29, 0.717) is 10.6 Å². The minimum absolute atomic E-state index is 0.0166. The Bertz CT molecular complexity index is 1510. The summed E-state index contributed by atoms with van der Waals surface area (Å²) in [5, 5.41) is 2.11. The van der Waals surface area contributed by atoms with Gasteiger partial charge < -0.3 is 10.3 Å². The first-order valence-corrected chi connectivity index (χ1v) is 10.9. The summed E-state index contributed by atoms with van der Waals surface area (Å²) < 4.78 is 82.3. The van der Waals surface area contributed by atoms with Gasteiger partial charge in [0.1, 0.15) is 23.5 Å². The largest absolute Gasteiger partial charge is 0.394 e. The molecule has 0 aliphatic heterocycles. The van der Waals surface area contributed by atoms with Crippen molar-refractivity contribution in [1.82, 2.24) is 19.9 Å². The fourth-order valence-corrected chi connectivity index (χ4v) is 5.67. The zero-order chi connectivity index (χ0) is 26.2. The Morgan fingerprint density at radius 3 is 2.39 bits per heavy atom. The summed E-state index contributed by atoms with van der Waals surface area (Å²) in [6, 6.07) is 0.667. The number of carbonyl (C=O) groups is 1. The third kappa shape index (κ3) is 3.43. The second kappa shape index (κ2) is 7.68. The molecule has 0 unspecified atom stereocenters. The van der Waals surface area contributed by atoms with Gasteiger partial charge in [-0.15, -0.1) is 0 Å². The standard InChI is InChI=1S/C23H18F6N4O3/c1-10(16-14(26)5-12(25)6-30-16)31-18(34)17(21-7-22(8-21,9-21)23(27,28)29)33-19(35)13-4-11(24)2-3-15(13)32-20(33)36/h2-6,10,17H,7-9H2,1H3,(H,31,34)(H,32,36)/t10-,17+,21?,22?/m1/s1. The fourth-order valence-electron chi connectivity index (χ4n) is 5.67. The molecule has 0 radical (unpaired) electrons. The maximum Gasteiger partial charge on any atom is 0.394 e. The maximum atomic E-state index is 14.2. The van der Waals surface area contributed by atoms with Gasteiger partial charge in [-0.1, -0.05) is 0 Å². The van der Waals surface area contributed by atoms with Gasteiger partial charge in [0, 0.05) is 11.5 Å². The molecule has 6 rings (SSSR count). The Morgan fingerprint density at radius 2 is 1.78 bits per heavy atom. The smallest absolute Gasteiger partial charge is 0.346 e. The Morgan fingerprint density at radius 1 is 1.11 bits per heavy atom. The van der Waals surface area contributed by atoms with Gasteiger partial charge in [0.25, 0.3) is 5.56 Å². The van der Waals surface area contributed by atoms with Crippen molar-refractivity contribution in [3.8, 4) is 0 Å². The number of nitrogens with one attached hydrogen (secondary N) is 2. The molecule has 2 heterocycles. The van der Waals surface area contributed by atoms with Crippen LogP contribution in [0.2, 0.25) is 0 Å². The van der Waals surface area contributed by atoms with Crippen LogP contribution in [-0.4, -0.2) is 26.6 Å². The number of aromatic nitrogens is 3. The van der Waals surface area contributed by atoms with Crippen LogP contribution in [0.4, 0.5) is 26.3 Å². The highest BCUT2D eigenvalue weighted by molar-refractivity contribution is 5.83. The van der Waals surface area contributed by atoms with Crippen molar-refractivity contribution in [3.63, 3.8) is 0 Å². The van der Waals surface area contributed by atoms with Crippen LogP contribution in [-0.2, 0) is 4.79 Å². The van der Waals surface area contributed by atoms with E-state index in [-0.39, 0.29) is 16.6 Å². The SMILES string of the molecule is C[C@@H](NC(=O)[C@H](n1c(=O)[nH]c2ccc(F)cc2c1=O)C12CC(C(F)(F)F)(C1)C2)c1ncc(F)cc1F. The van der Waals surface area contributed by atoms with Crippen molar-refractivity contribution in [3.05, 3.63) is 74.4 Å². The molecule has 3 aliphatic rings. The summed E-state index contributed by atoms with van der Waals surface area (Å²) in [5.74, 6) is -3.85. The summed E-state index contributed by atoms with van der Waals surface area (Å²) in [4.78, 5) is 45.5. The lowest BCUT2D eigenvalue weighted by Gasteiger charge is -2.72. The van der Waals surface area contributed by atoms with E-state index in [1.165, 1.54) is 6.92 Å². The van der Waals surface area contributed by atoms with E-state index in [1.807, 2.05) is 0 Å². The van der Waals surface area contributed by atoms with Crippen molar-refractivity contribution in [2.24, 2.45) is 10.8 Å². The molecule has 2 bridgehead atoms. The van der Waals surface area contributed by atoms with Crippen LogP contribution in [0.5, 0.6) is 0 Å². The monoisotopic (exact) mass is 512 g/mol. The second-order valence-corrected chi connectivity index (χ2v) is 9.62. The summed E-state index contributed by atoms with van der Waals surface area (Å²) >= 11 is 0. The zero-order valence-corrected chi connectivity index (χ0v) is 18.5. The molecular formula is C23H18F6N4O3. The average molecular weight is 512 g/mol. The molecule has 1 amide bonds. The molecule has 36 heavy (non-hydrogen) atoms. The van der Waals surface area contributed by atoms with Crippen LogP contribution < -0.4 is 16.6 Å². The van der Waals surface area contributed by atoms with Crippen LogP contribution in [0.1, 0.15) is 44.0 Å². The van der Waals surface area contributed by atoms with Gasteiger partial charge in [-0.25, -0.2) is 22.5 Å². The van der Waals surface area contributed by atoms with Crippen molar-refractivity contribution in [1.29, 1.82) is 0 Å². The number of aromatic amines is 1. The van der Waals surface area contributed by atoms with Gasteiger partial charge in [0.05, 0.1) is 34.3 Å². The maximum absolute atomic E-state index is 14.2. The molecular weight excluding hydrogens is 494 g/mol. The lowest BCUT2D eigenvalue weighted by atomic mass is 9.32. The lowest BCUT2D eigenvalue weighted by molar-refractivity contribution is -0.370. The molecule has 7 nitrogen and oxygen atoms in total. The highest BCUT2D eigenvalue weighted by Crippen LogP contribution is 2.81. The third-order valence-corrected chi connectivity index (χ3v) is 7.26. The van der Waals surface area contributed by atoms with Crippen molar-refractivity contribution in [2.75, 3.05) is 0 Å². The number of hydrogen-bond donors (Lipinski definition) is 2. The molecule has 2 N–H and O–H groups in total. The predicted molar refractivity (Wildman–Crippen MR) is 113 cm³/mol. The highest BCUT2D eigenvalue weighted by atomic mass is 19.4. The average Bonchev–Trinajstić information content (AvgIpc) is 2.70. The molecule has 3 saturated carbocycles. The first-order chi connectivity index (χ1) is 16.8. The van der Waals surface area contributed by atoms with Gasteiger partial charge in [-0.05, 0) is 44.4 Å². The minimum Gasteiger partial charge on any atom is -0.346 e. The normalized spacial score (nSPS) is 24.5. The van der Waals surface area contributed by atoms with Gasteiger partial charge in [-0.2, -0.15) is 13.2 Å². The van der Waals surface area contributed by atoms with Gasteiger partial charge >= 0.3 is 11.9 Å². The highest BCUT2D eigenvalue weighted by Gasteiger charge is 2.81. The first-order valence-electron chi connectivity index (χ1n) is 10.9. The summed E-state index contributed by atoms with van der Waals surface area (Å²) in [6.45, 7) is 1.31. The topological polar surface area (TPSA) is 96.9 Å². The lowest BCUT2D eigenvalue weighted by Crippen LogP contribution is -2.73. The molecule has 3 fully saturated rings. The number of fused-ring (bicyclic) bond motifs is 1. The minimum atomic E-state index is -4.53. The summed E-state index contributed by atoms with van der Waals surface area (Å²) in [6.07, 6.45) is -5.29. The number of halogens is 6. The number of hydrogen-bond acceptors (Lipinski definition) is 4. The van der Waals surface area contributed by atoms with Gasteiger partial charge in [0.15, 0.2) is 0 Å². The Kier molecular flexibility index (Phi) is 5.13. The Hall–Kier alpha value is -3.64. The van der Waals surface area contributed by atoms with Gasteiger partial charge in [-0.3, -0.25) is 14.6 Å². The van der Waals surface area contributed by atoms with Crippen molar-refractivity contribution in [2.45, 2.75) is 44.4 Å². The van der Waals surface area contributed by atoms with Crippen LogP contribution >= 0.6 is 0 Å². The van der Waals surface area contributed by atoms with E-state index in [2.05, 4.69) is 15.3 Å². The molecule has 0 spiro atoms. The molecule has 1 aromatic carbocycles. The second-order valence-electron chi connectivity index (χ2n) is 9.62. The Labute approximate surface area is 198 Å². The van der Waals surface area contributed by atoms with E-state index < -0.39 is 83.0 Å².